The molecule has 0 unspecified atom stereocenters. The number of aromatic nitrogens is 1. The Labute approximate surface area is 50.1 Å². The van der Waals surface area contributed by atoms with Gasteiger partial charge in [0.2, 0.25) is 0 Å². The lowest BCUT2D eigenvalue weighted by Crippen LogP contribution is -2.19. The molecule has 1 aromatic rings. The molecule has 1 N–H and O–H groups in total. The van der Waals surface area contributed by atoms with Crippen molar-refractivity contribution < 1.29 is 4.42 Å². The number of aromatic amines is 1. The lowest BCUT2D eigenvalue weighted by Gasteiger charge is -1.83. The van der Waals surface area contributed by atoms with E-state index in [4.69, 9.17) is 0 Å². The van der Waals surface area contributed by atoms with Gasteiger partial charge in [0.05, 0.1) is 0 Å². The van der Waals surface area contributed by atoms with Crippen LogP contribution < -0.4 is 11.3 Å². The molecule has 4 nitrogen and oxygen atoms in total. The summed E-state index contributed by atoms with van der Waals surface area (Å²) in [6.45, 7) is 1.56. The van der Waals surface area contributed by atoms with Gasteiger partial charge in [0.15, 0.2) is 0 Å². The maximum atomic E-state index is 10.5. The second kappa shape index (κ2) is 1.89. The summed E-state index contributed by atoms with van der Waals surface area (Å²) in [5, 5.41) is 0. The average molecular weight is 127 g/mol. The topological polar surface area (TPSA) is 63.1 Å². The van der Waals surface area contributed by atoms with Gasteiger partial charge in [0.25, 0.3) is 5.56 Å². The molecule has 0 aromatic carbocycles. The first-order chi connectivity index (χ1) is 4.20. The maximum absolute atomic E-state index is 10.5. The number of hydrogen-bond acceptors (Lipinski definition) is 3. The largest absolute Gasteiger partial charge is 0.419 e. The van der Waals surface area contributed by atoms with Crippen LogP contribution in [-0.2, 0) is 0 Å². The van der Waals surface area contributed by atoms with E-state index in [-0.39, 0.29) is 0 Å². The highest BCUT2D eigenvalue weighted by Crippen LogP contribution is 1.77. The molecule has 1 rings (SSSR count). The summed E-state index contributed by atoms with van der Waals surface area (Å²) < 4.78 is 4.33. The second-order valence-corrected chi connectivity index (χ2v) is 1.66. The third kappa shape index (κ3) is 1.07. The zero-order chi connectivity index (χ0) is 6.85. The first-order valence-electron chi connectivity index (χ1n) is 2.39. The van der Waals surface area contributed by atoms with Crippen molar-refractivity contribution in [2.45, 2.75) is 6.92 Å². The lowest BCUT2D eigenvalue weighted by atomic mass is 10.4. The van der Waals surface area contributed by atoms with E-state index in [0.717, 1.165) is 6.26 Å². The zero-order valence-corrected chi connectivity index (χ0v) is 4.80. The van der Waals surface area contributed by atoms with Crippen LogP contribution in [0.1, 0.15) is 5.56 Å². The minimum Gasteiger partial charge on any atom is -0.418 e. The molecule has 0 atom stereocenters. The van der Waals surface area contributed by atoms with E-state index in [1.54, 1.807) is 6.92 Å². The molecular weight excluding hydrogens is 122 g/mol. The molecule has 0 fully saturated rings. The van der Waals surface area contributed by atoms with Gasteiger partial charge in [0, 0.05) is 5.56 Å². The Balaban J connectivity index is 3.52. The summed E-state index contributed by atoms with van der Waals surface area (Å²) in [5.74, 6) is -0.717. The van der Waals surface area contributed by atoms with Crippen molar-refractivity contribution in [1.29, 1.82) is 0 Å². The van der Waals surface area contributed by atoms with E-state index in [1.807, 2.05) is 4.98 Å². The van der Waals surface area contributed by atoms with Crippen molar-refractivity contribution in [2.24, 2.45) is 0 Å². The second-order valence-electron chi connectivity index (χ2n) is 1.66. The van der Waals surface area contributed by atoms with Crippen molar-refractivity contribution in [3.8, 4) is 0 Å². The van der Waals surface area contributed by atoms with E-state index < -0.39 is 11.3 Å². The Hall–Kier alpha value is -1.32. The summed E-state index contributed by atoms with van der Waals surface area (Å²) in [5.41, 5.74) is 0.000787. The molecule has 0 aliphatic carbocycles. The van der Waals surface area contributed by atoms with E-state index >= 15 is 0 Å². The molecule has 9 heavy (non-hydrogen) atoms. The fourth-order valence-electron chi connectivity index (χ4n) is 0.416. The van der Waals surface area contributed by atoms with Crippen molar-refractivity contribution >= 4 is 0 Å². The minimum absolute atomic E-state index is 0.397. The molecule has 1 heterocycles. The van der Waals surface area contributed by atoms with Crippen molar-refractivity contribution in [3.63, 3.8) is 0 Å². The van der Waals surface area contributed by atoms with Crippen molar-refractivity contribution in [2.75, 3.05) is 0 Å². The first kappa shape index (κ1) is 5.81. The monoisotopic (exact) mass is 127 g/mol. The van der Waals surface area contributed by atoms with Gasteiger partial charge in [-0.3, -0.25) is 9.78 Å². The highest BCUT2D eigenvalue weighted by Gasteiger charge is 1.91. The van der Waals surface area contributed by atoms with E-state index in [1.165, 1.54) is 0 Å². The third-order valence-electron chi connectivity index (χ3n) is 0.916. The fourth-order valence-corrected chi connectivity index (χ4v) is 0.416. The van der Waals surface area contributed by atoms with Crippen LogP contribution in [0.2, 0.25) is 0 Å². The van der Waals surface area contributed by atoms with Gasteiger partial charge in [-0.05, 0) is 6.92 Å². The van der Waals surface area contributed by atoms with Crippen LogP contribution in [0.4, 0.5) is 0 Å². The lowest BCUT2D eigenvalue weighted by molar-refractivity contribution is 0.475. The molecular formula is C5H5NO3. The van der Waals surface area contributed by atoms with Crippen LogP contribution >= 0.6 is 0 Å². The van der Waals surface area contributed by atoms with Crippen molar-refractivity contribution in [3.05, 3.63) is 32.7 Å². The van der Waals surface area contributed by atoms with Gasteiger partial charge in [-0.15, -0.1) is 0 Å². The molecule has 4 heteroatoms. The number of H-pyrrole nitrogens is 1. The number of nitrogens with one attached hydrogen (secondary N) is 1. The molecule has 0 saturated heterocycles. The van der Waals surface area contributed by atoms with Gasteiger partial charge in [0.1, 0.15) is 6.26 Å². The molecule has 0 spiro atoms. The Kier molecular flexibility index (Phi) is 1.22. The first-order valence-corrected chi connectivity index (χ1v) is 2.39. The number of rotatable bonds is 0. The van der Waals surface area contributed by atoms with Crippen LogP contribution in [0, 0.1) is 6.92 Å². The van der Waals surface area contributed by atoms with Gasteiger partial charge in [-0.25, -0.2) is 4.79 Å². The maximum Gasteiger partial charge on any atom is 0.419 e. The molecule has 0 radical (unpaired) electrons. The molecule has 0 saturated carbocycles. The standard InChI is InChI=1S/C5H5NO3/c1-3-2-9-5(8)6-4(3)7/h2H,1H3,(H,6,7,8). The van der Waals surface area contributed by atoms with Crippen LogP contribution in [0.3, 0.4) is 0 Å². The zero-order valence-electron chi connectivity index (χ0n) is 4.80. The smallest absolute Gasteiger partial charge is 0.418 e. The van der Waals surface area contributed by atoms with Crippen LogP contribution in [0.5, 0.6) is 0 Å². The Morgan fingerprint density at radius 2 is 2.22 bits per heavy atom. The molecule has 1 aromatic heterocycles. The predicted octanol–water partition coefficient (Wildman–Crippen LogP) is -0.363. The predicted molar refractivity (Wildman–Crippen MR) is 30.3 cm³/mol. The van der Waals surface area contributed by atoms with Gasteiger partial charge in [-0.2, -0.15) is 0 Å². The normalized spacial score (nSPS) is 9.44. The summed E-state index contributed by atoms with van der Waals surface area (Å²) in [6.07, 6.45) is 1.13. The van der Waals surface area contributed by atoms with Gasteiger partial charge < -0.3 is 4.42 Å². The van der Waals surface area contributed by atoms with Crippen LogP contribution in [0.25, 0.3) is 0 Å². The molecule has 0 bridgehead atoms. The molecule has 0 aliphatic rings. The highest BCUT2D eigenvalue weighted by molar-refractivity contribution is 4.95. The molecule has 0 aliphatic heterocycles. The van der Waals surface area contributed by atoms with Crippen LogP contribution in [-0.4, -0.2) is 4.98 Å². The molecule has 0 amide bonds. The van der Waals surface area contributed by atoms with E-state index in [0.29, 0.717) is 5.56 Å². The SMILES string of the molecule is Cc1coc(=O)[nH]c1=O. The Morgan fingerprint density at radius 3 is 2.67 bits per heavy atom. The Bertz CT molecular complexity index is 308. The van der Waals surface area contributed by atoms with Crippen molar-refractivity contribution in [1.82, 2.24) is 4.98 Å². The average Bonchev–Trinajstić information content (AvgIpc) is 1.80. The third-order valence-corrected chi connectivity index (χ3v) is 0.916. The minimum atomic E-state index is -0.717. The summed E-state index contributed by atoms with van der Waals surface area (Å²) in [4.78, 5) is 22.7. The van der Waals surface area contributed by atoms with E-state index in [2.05, 4.69) is 4.42 Å². The highest BCUT2D eigenvalue weighted by atomic mass is 16.4. The quantitative estimate of drug-likeness (QED) is 0.517. The summed E-state index contributed by atoms with van der Waals surface area (Å²) in [6, 6.07) is 0. The summed E-state index contributed by atoms with van der Waals surface area (Å²) >= 11 is 0. The molecule has 48 valence electrons. The number of hydrogen-bond donors (Lipinski definition) is 1. The van der Waals surface area contributed by atoms with Gasteiger partial charge >= 0.3 is 5.76 Å². The van der Waals surface area contributed by atoms with E-state index in [9.17, 15) is 9.59 Å². The van der Waals surface area contributed by atoms with Crippen LogP contribution in [0.15, 0.2) is 20.3 Å². The Morgan fingerprint density at radius 1 is 1.56 bits per heavy atom. The number of aryl methyl sites for hydroxylation is 1. The fraction of sp³-hybridized carbons (Fsp3) is 0.200. The summed E-state index contributed by atoms with van der Waals surface area (Å²) in [7, 11) is 0. The van der Waals surface area contributed by atoms with Gasteiger partial charge in [-0.1, -0.05) is 0 Å².